The van der Waals surface area contributed by atoms with E-state index in [4.69, 9.17) is 5.73 Å². The lowest BCUT2D eigenvalue weighted by Crippen LogP contribution is -2.45. The first kappa shape index (κ1) is 12.7. The predicted molar refractivity (Wildman–Crippen MR) is 72.9 cm³/mol. The summed E-state index contributed by atoms with van der Waals surface area (Å²) >= 11 is 2.12. The van der Waals surface area contributed by atoms with Gasteiger partial charge in [-0.2, -0.15) is 11.8 Å². The maximum absolute atomic E-state index is 5.96. The lowest BCUT2D eigenvalue weighted by Gasteiger charge is -2.40. The van der Waals surface area contributed by atoms with Crippen LogP contribution < -0.4 is 5.73 Å². The number of rotatable bonds is 2. The van der Waals surface area contributed by atoms with Crippen molar-refractivity contribution in [3.8, 4) is 0 Å². The van der Waals surface area contributed by atoms with Gasteiger partial charge in [0.25, 0.3) is 0 Å². The van der Waals surface area contributed by atoms with Crippen molar-refractivity contribution in [2.24, 2.45) is 11.7 Å². The smallest absolute Gasteiger partial charge is 0.0231 e. The van der Waals surface area contributed by atoms with Gasteiger partial charge in [-0.05, 0) is 45.4 Å². The highest BCUT2D eigenvalue weighted by Crippen LogP contribution is 2.31. The molecule has 3 heteroatoms. The highest BCUT2D eigenvalue weighted by atomic mass is 32.2. The van der Waals surface area contributed by atoms with Gasteiger partial charge in [-0.15, -0.1) is 0 Å². The summed E-state index contributed by atoms with van der Waals surface area (Å²) in [4.78, 5) is 2.68. The largest absolute Gasteiger partial charge is 0.328 e. The summed E-state index contributed by atoms with van der Waals surface area (Å²) < 4.78 is 0.462. The molecule has 0 radical (unpaired) electrons. The van der Waals surface area contributed by atoms with E-state index in [0.29, 0.717) is 10.8 Å². The van der Waals surface area contributed by atoms with E-state index in [0.717, 1.165) is 5.92 Å². The zero-order valence-corrected chi connectivity index (χ0v) is 11.6. The molecule has 2 aliphatic rings. The van der Waals surface area contributed by atoms with E-state index in [-0.39, 0.29) is 0 Å². The van der Waals surface area contributed by atoms with Crippen LogP contribution in [0.25, 0.3) is 0 Å². The highest BCUT2D eigenvalue weighted by molar-refractivity contribution is 8.00. The quantitative estimate of drug-likeness (QED) is 0.806. The second-order valence-corrected chi connectivity index (χ2v) is 7.93. The first-order valence-corrected chi connectivity index (χ1v) is 7.66. The monoisotopic (exact) mass is 242 g/mol. The highest BCUT2D eigenvalue weighted by Gasteiger charge is 2.29. The number of hydrogen-bond donors (Lipinski definition) is 1. The third-order valence-corrected chi connectivity index (χ3v) is 5.21. The van der Waals surface area contributed by atoms with E-state index >= 15 is 0 Å². The van der Waals surface area contributed by atoms with Crippen LogP contribution in [-0.4, -0.2) is 41.1 Å². The normalized spacial score (nSPS) is 36.2. The summed E-state index contributed by atoms with van der Waals surface area (Å²) in [5.41, 5.74) is 5.96. The molecule has 0 atom stereocenters. The molecule has 0 amide bonds. The van der Waals surface area contributed by atoms with Gasteiger partial charge in [0.15, 0.2) is 0 Å². The molecule has 1 saturated carbocycles. The molecule has 2 fully saturated rings. The van der Waals surface area contributed by atoms with Crippen molar-refractivity contribution < 1.29 is 0 Å². The molecule has 0 aromatic heterocycles. The Kier molecular flexibility index (Phi) is 4.20. The summed E-state index contributed by atoms with van der Waals surface area (Å²) in [5, 5.41) is 0. The zero-order chi connectivity index (χ0) is 11.6. The molecular weight excluding hydrogens is 216 g/mol. The van der Waals surface area contributed by atoms with Crippen molar-refractivity contribution in [1.29, 1.82) is 0 Å². The van der Waals surface area contributed by atoms with Gasteiger partial charge in [-0.25, -0.2) is 0 Å². The molecule has 1 heterocycles. The molecular formula is C13H26N2S. The minimum Gasteiger partial charge on any atom is -0.328 e. The average molecular weight is 242 g/mol. The first-order chi connectivity index (χ1) is 7.55. The van der Waals surface area contributed by atoms with Gasteiger partial charge in [-0.1, -0.05) is 0 Å². The van der Waals surface area contributed by atoms with E-state index in [1.807, 2.05) is 0 Å². The molecule has 94 valence electrons. The SMILES string of the molecule is CC1(C)CN(CC2CCC(N)CC2)CCS1. The Bertz CT molecular complexity index is 222. The van der Waals surface area contributed by atoms with Crippen LogP contribution in [0.1, 0.15) is 39.5 Å². The van der Waals surface area contributed by atoms with Crippen LogP contribution in [0, 0.1) is 5.92 Å². The zero-order valence-electron chi connectivity index (χ0n) is 10.7. The fourth-order valence-electron chi connectivity index (χ4n) is 3.01. The average Bonchev–Trinajstić information content (AvgIpc) is 2.20. The van der Waals surface area contributed by atoms with Gasteiger partial charge in [0.1, 0.15) is 0 Å². The fraction of sp³-hybridized carbons (Fsp3) is 1.00. The van der Waals surface area contributed by atoms with E-state index in [1.165, 1.54) is 51.1 Å². The van der Waals surface area contributed by atoms with Crippen LogP contribution in [0.2, 0.25) is 0 Å². The Labute approximate surface area is 104 Å². The summed E-state index contributed by atoms with van der Waals surface area (Å²) in [6.45, 7) is 8.62. The minimum atomic E-state index is 0.462. The molecule has 1 saturated heterocycles. The standard InChI is InChI=1S/C13H26N2S/c1-13(2)10-15(7-8-16-13)9-11-3-5-12(14)6-4-11/h11-12H,3-10,14H2,1-2H3. The van der Waals surface area contributed by atoms with E-state index in [9.17, 15) is 0 Å². The van der Waals surface area contributed by atoms with Crippen LogP contribution in [0.5, 0.6) is 0 Å². The van der Waals surface area contributed by atoms with Crippen LogP contribution in [0.15, 0.2) is 0 Å². The number of hydrogen-bond acceptors (Lipinski definition) is 3. The molecule has 2 N–H and O–H groups in total. The molecule has 0 bridgehead atoms. The van der Waals surface area contributed by atoms with Gasteiger partial charge in [0.2, 0.25) is 0 Å². The Morgan fingerprint density at radius 2 is 1.94 bits per heavy atom. The molecule has 0 unspecified atom stereocenters. The fourth-order valence-corrected chi connectivity index (χ4v) is 4.18. The number of nitrogens with two attached hydrogens (primary N) is 1. The predicted octanol–water partition coefficient (Wildman–Crippen LogP) is 2.33. The van der Waals surface area contributed by atoms with E-state index in [1.54, 1.807) is 0 Å². The summed E-state index contributed by atoms with van der Waals surface area (Å²) in [5.74, 6) is 2.22. The Morgan fingerprint density at radius 1 is 1.25 bits per heavy atom. The second-order valence-electron chi connectivity index (χ2n) is 6.12. The lowest BCUT2D eigenvalue weighted by atomic mass is 9.86. The molecule has 0 spiro atoms. The lowest BCUT2D eigenvalue weighted by molar-refractivity contribution is 0.188. The molecule has 16 heavy (non-hydrogen) atoms. The summed E-state index contributed by atoms with van der Waals surface area (Å²) in [6.07, 6.45) is 5.20. The second kappa shape index (κ2) is 5.28. The van der Waals surface area contributed by atoms with Crippen molar-refractivity contribution in [3.05, 3.63) is 0 Å². The Hall–Kier alpha value is 0.270. The van der Waals surface area contributed by atoms with Crippen molar-refractivity contribution in [2.45, 2.75) is 50.3 Å². The van der Waals surface area contributed by atoms with E-state index < -0.39 is 0 Å². The van der Waals surface area contributed by atoms with Gasteiger partial charge in [-0.3, -0.25) is 0 Å². The molecule has 1 aliphatic heterocycles. The maximum Gasteiger partial charge on any atom is 0.0231 e. The van der Waals surface area contributed by atoms with Crippen LogP contribution in [0.3, 0.4) is 0 Å². The van der Waals surface area contributed by atoms with Gasteiger partial charge in [0.05, 0.1) is 0 Å². The topological polar surface area (TPSA) is 29.3 Å². The molecule has 0 aromatic rings. The molecule has 2 rings (SSSR count). The molecule has 2 nitrogen and oxygen atoms in total. The molecule has 0 aromatic carbocycles. The third-order valence-electron chi connectivity index (χ3n) is 3.91. The van der Waals surface area contributed by atoms with Gasteiger partial charge >= 0.3 is 0 Å². The van der Waals surface area contributed by atoms with Crippen molar-refractivity contribution in [3.63, 3.8) is 0 Å². The molecule has 1 aliphatic carbocycles. The number of thioether (sulfide) groups is 1. The summed E-state index contributed by atoms with van der Waals surface area (Å²) in [7, 11) is 0. The maximum atomic E-state index is 5.96. The van der Waals surface area contributed by atoms with Crippen molar-refractivity contribution in [1.82, 2.24) is 4.90 Å². The van der Waals surface area contributed by atoms with Crippen LogP contribution in [-0.2, 0) is 0 Å². The Balaban J connectivity index is 1.76. The van der Waals surface area contributed by atoms with E-state index in [2.05, 4.69) is 30.5 Å². The minimum absolute atomic E-state index is 0.462. The summed E-state index contributed by atoms with van der Waals surface area (Å²) in [6, 6.07) is 0.490. The van der Waals surface area contributed by atoms with Gasteiger partial charge in [0, 0.05) is 36.2 Å². The van der Waals surface area contributed by atoms with Crippen LogP contribution in [0.4, 0.5) is 0 Å². The number of nitrogens with zero attached hydrogens (tertiary/aromatic N) is 1. The third kappa shape index (κ3) is 3.64. The first-order valence-electron chi connectivity index (χ1n) is 6.67. The Morgan fingerprint density at radius 3 is 2.56 bits per heavy atom. The van der Waals surface area contributed by atoms with Gasteiger partial charge < -0.3 is 10.6 Å². The van der Waals surface area contributed by atoms with Crippen molar-refractivity contribution in [2.75, 3.05) is 25.4 Å². The van der Waals surface area contributed by atoms with Crippen molar-refractivity contribution >= 4 is 11.8 Å². The van der Waals surface area contributed by atoms with Crippen LogP contribution >= 0.6 is 11.8 Å².